The van der Waals surface area contributed by atoms with Crippen molar-refractivity contribution in [2.75, 3.05) is 19.8 Å². The molecular formula is C22H24F3N3O3. The number of fused-ring (bicyclic) bond motifs is 1. The van der Waals surface area contributed by atoms with Crippen LogP contribution in [0.3, 0.4) is 0 Å². The van der Waals surface area contributed by atoms with Gasteiger partial charge in [0.15, 0.2) is 18.1 Å². The zero-order valence-electron chi connectivity index (χ0n) is 17.0. The zero-order chi connectivity index (χ0) is 22.4. The first-order valence-electron chi connectivity index (χ1n) is 9.77. The van der Waals surface area contributed by atoms with Crippen molar-refractivity contribution < 1.29 is 27.4 Å². The number of primary amides is 1. The number of para-hydroxylation sites is 3. The molecule has 0 aliphatic heterocycles. The molecule has 9 heteroatoms. The molecule has 0 radical (unpaired) electrons. The summed E-state index contributed by atoms with van der Waals surface area (Å²) >= 11 is 0. The molecule has 3 aromatic rings. The van der Waals surface area contributed by atoms with E-state index in [-0.39, 0.29) is 24.1 Å². The van der Waals surface area contributed by atoms with Gasteiger partial charge < -0.3 is 25.1 Å². The second-order valence-electron chi connectivity index (χ2n) is 7.13. The van der Waals surface area contributed by atoms with Crippen molar-refractivity contribution in [2.45, 2.75) is 25.7 Å². The predicted octanol–water partition coefficient (Wildman–Crippen LogP) is 3.74. The predicted molar refractivity (Wildman–Crippen MR) is 111 cm³/mol. The van der Waals surface area contributed by atoms with E-state index in [1.165, 1.54) is 6.07 Å². The fourth-order valence-corrected chi connectivity index (χ4v) is 3.29. The average molecular weight is 435 g/mol. The van der Waals surface area contributed by atoms with Gasteiger partial charge in [0.1, 0.15) is 6.61 Å². The standard InChI is InChI=1S/C22H24F3N3O3/c1-15(13-28-11-9-16-5-4-6-17(20(16)28)21(26)29)27-10-12-30-18-7-2-3-8-19(18)31-14-22(23,24)25/h2-9,11,15,27H,10,12-14H2,1H3,(H2,26,29)/t15-/m1/s1. The van der Waals surface area contributed by atoms with Crippen molar-refractivity contribution in [3.05, 3.63) is 60.3 Å². The van der Waals surface area contributed by atoms with E-state index in [2.05, 4.69) is 5.32 Å². The van der Waals surface area contributed by atoms with Gasteiger partial charge in [-0.25, -0.2) is 0 Å². The molecule has 31 heavy (non-hydrogen) atoms. The minimum Gasteiger partial charge on any atom is -0.488 e. The summed E-state index contributed by atoms with van der Waals surface area (Å²) in [4.78, 5) is 11.7. The van der Waals surface area contributed by atoms with Crippen LogP contribution >= 0.6 is 0 Å². The Morgan fingerprint density at radius 2 is 1.81 bits per heavy atom. The molecule has 0 aliphatic rings. The minimum atomic E-state index is -4.42. The van der Waals surface area contributed by atoms with Crippen LogP contribution in [0.5, 0.6) is 11.5 Å². The van der Waals surface area contributed by atoms with E-state index < -0.39 is 18.7 Å². The van der Waals surface area contributed by atoms with E-state index in [9.17, 15) is 18.0 Å². The molecule has 0 bridgehead atoms. The molecule has 6 nitrogen and oxygen atoms in total. The van der Waals surface area contributed by atoms with Gasteiger partial charge in [-0.05, 0) is 31.2 Å². The van der Waals surface area contributed by atoms with Gasteiger partial charge in [0, 0.05) is 30.7 Å². The molecule has 3 N–H and O–H groups in total. The molecule has 166 valence electrons. The quantitative estimate of drug-likeness (QED) is 0.476. The van der Waals surface area contributed by atoms with Crippen LogP contribution in [-0.2, 0) is 6.54 Å². The highest BCUT2D eigenvalue weighted by Crippen LogP contribution is 2.28. The average Bonchev–Trinajstić information content (AvgIpc) is 3.12. The third-order valence-corrected chi connectivity index (χ3v) is 4.62. The molecule has 3 rings (SSSR count). The highest BCUT2D eigenvalue weighted by Gasteiger charge is 2.29. The monoisotopic (exact) mass is 435 g/mol. The summed E-state index contributed by atoms with van der Waals surface area (Å²) in [6.07, 6.45) is -2.51. The lowest BCUT2D eigenvalue weighted by molar-refractivity contribution is -0.153. The Kier molecular flexibility index (Phi) is 7.06. The second kappa shape index (κ2) is 9.74. The molecule has 1 heterocycles. The van der Waals surface area contributed by atoms with Gasteiger partial charge in [0.05, 0.1) is 11.1 Å². The van der Waals surface area contributed by atoms with Gasteiger partial charge >= 0.3 is 6.18 Å². The number of nitrogens with zero attached hydrogens (tertiary/aromatic N) is 1. The Hall–Kier alpha value is -3.20. The number of nitrogens with one attached hydrogen (secondary N) is 1. The molecule has 1 aromatic heterocycles. The van der Waals surface area contributed by atoms with Crippen LogP contribution in [0.15, 0.2) is 54.7 Å². The van der Waals surface area contributed by atoms with E-state index in [0.717, 1.165) is 10.9 Å². The first-order chi connectivity index (χ1) is 14.7. The topological polar surface area (TPSA) is 78.5 Å². The smallest absolute Gasteiger partial charge is 0.422 e. The van der Waals surface area contributed by atoms with Crippen molar-refractivity contribution in [3.63, 3.8) is 0 Å². The van der Waals surface area contributed by atoms with E-state index >= 15 is 0 Å². The maximum Gasteiger partial charge on any atom is 0.422 e. The summed E-state index contributed by atoms with van der Waals surface area (Å²) in [5.41, 5.74) is 6.75. The minimum absolute atomic E-state index is 0.0388. The van der Waals surface area contributed by atoms with Crippen LogP contribution in [-0.4, -0.2) is 42.5 Å². The fraction of sp³-hybridized carbons (Fsp3) is 0.318. The Morgan fingerprint density at radius 3 is 2.48 bits per heavy atom. The van der Waals surface area contributed by atoms with Crippen molar-refractivity contribution in [1.82, 2.24) is 9.88 Å². The summed E-state index contributed by atoms with van der Waals surface area (Å²) in [6, 6.07) is 13.6. The van der Waals surface area contributed by atoms with Crippen molar-refractivity contribution >= 4 is 16.8 Å². The summed E-state index contributed by atoms with van der Waals surface area (Å²) < 4.78 is 49.5. The maximum atomic E-state index is 12.4. The van der Waals surface area contributed by atoms with Crippen molar-refractivity contribution in [3.8, 4) is 11.5 Å². The number of alkyl halides is 3. The Bertz CT molecular complexity index is 1030. The third-order valence-electron chi connectivity index (χ3n) is 4.62. The van der Waals surface area contributed by atoms with Gasteiger partial charge in [-0.1, -0.05) is 24.3 Å². The molecule has 0 unspecified atom stereocenters. The van der Waals surface area contributed by atoms with E-state index in [0.29, 0.717) is 18.7 Å². The summed E-state index contributed by atoms with van der Waals surface area (Å²) in [5.74, 6) is -0.180. The lowest BCUT2D eigenvalue weighted by Crippen LogP contribution is -2.33. The first kappa shape index (κ1) is 22.5. The molecule has 1 atom stereocenters. The van der Waals surface area contributed by atoms with Gasteiger partial charge in [-0.15, -0.1) is 0 Å². The maximum absolute atomic E-state index is 12.4. The van der Waals surface area contributed by atoms with Crippen LogP contribution in [0.2, 0.25) is 0 Å². The highest BCUT2D eigenvalue weighted by molar-refractivity contribution is 6.05. The van der Waals surface area contributed by atoms with E-state index in [1.807, 2.05) is 29.8 Å². The highest BCUT2D eigenvalue weighted by atomic mass is 19.4. The largest absolute Gasteiger partial charge is 0.488 e. The SMILES string of the molecule is C[C@H](Cn1ccc2cccc(C(N)=O)c21)NCCOc1ccccc1OCC(F)(F)F. The molecule has 0 saturated heterocycles. The van der Waals surface area contributed by atoms with Crippen molar-refractivity contribution in [2.24, 2.45) is 5.73 Å². The third kappa shape index (κ3) is 6.14. The lowest BCUT2D eigenvalue weighted by atomic mass is 10.1. The number of rotatable bonds is 10. The van der Waals surface area contributed by atoms with Gasteiger partial charge in [-0.3, -0.25) is 4.79 Å². The number of ether oxygens (including phenoxy) is 2. The number of aromatic nitrogens is 1. The van der Waals surface area contributed by atoms with Crippen LogP contribution in [0.25, 0.3) is 10.9 Å². The van der Waals surface area contributed by atoms with Crippen LogP contribution in [0.1, 0.15) is 17.3 Å². The molecule has 0 fully saturated rings. The number of hydrogen-bond acceptors (Lipinski definition) is 4. The number of amides is 1. The molecule has 2 aromatic carbocycles. The van der Waals surface area contributed by atoms with Gasteiger partial charge in [-0.2, -0.15) is 13.2 Å². The molecule has 0 saturated carbocycles. The van der Waals surface area contributed by atoms with Gasteiger partial charge in [0.2, 0.25) is 0 Å². The summed E-state index contributed by atoms with van der Waals surface area (Å²) in [7, 11) is 0. The Balaban J connectivity index is 1.53. The van der Waals surface area contributed by atoms with Gasteiger partial charge in [0.25, 0.3) is 5.91 Å². The normalized spacial score (nSPS) is 12.6. The zero-order valence-corrected chi connectivity index (χ0v) is 17.0. The Morgan fingerprint density at radius 1 is 1.10 bits per heavy atom. The van der Waals surface area contributed by atoms with Crippen LogP contribution < -0.4 is 20.5 Å². The fourth-order valence-electron chi connectivity index (χ4n) is 3.29. The lowest BCUT2D eigenvalue weighted by Gasteiger charge is -2.17. The van der Waals surface area contributed by atoms with Crippen LogP contribution in [0.4, 0.5) is 13.2 Å². The van der Waals surface area contributed by atoms with Crippen LogP contribution in [0, 0.1) is 0 Å². The molecule has 1 amide bonds. The van der Waals surface area contributed by atoms with E-state index in [1.54, 1.807) is 30.3 Å². The second-order valence-corrected chi connectivity index (χ2v) is 7.13. The molecule has 0 aliphatic carbocycles. The number of benzene rings is 2. The van der Waals surface area contributed by atoms with Crippen molar-refractivity contribution in [1.29, 1.82) is 0 Å². The molecular weight excluding hydrogens is 411 g/mol. The first-order valence-corrected chi connectivity index (χ1v) is 9.77. The summed E-state index contributed by atoms with van der Waals surface area (Å²) in [5, 5.41) is 4.23. The number of nitrogens with two attached hydrogens (primary N) is 1. The Labute approximate surface area is 177 Å². The molecule has 0 spiro atoms. The number of hydrogen-bond donors (Lipinski definition) is 2. The number of carbonyl (C=O) groups excluding carboxylic acids is 1. The number of carbonyl (C=O) groups is 1. The number of halogens is 3. The summed E-state index contributed by atoms with van der Waals surface area (Å²) in [6.45, 7) is 1.92. The van der Waals surface area contributed by atoms with E-state index in [4.69, 9.17) is 15.2 Å².